The van der Waals surface area contributed by atoms with Crippen LogP contribution in [-0.2, 0) is 16.0 Å². The Morgan fingerprint density at radius 1 is 1.53 bits per heavy atom. The number of nitrogens with two attached hydrogens (primary N) is 1. The van der Waals surface area contributed by atoms with Crippen molar-refractivity contribution in [1.82, 2.24) is 5.32 Å². The van der Waals surface area contributed by atoms with Gasteiger partial charge in [-0.3, -0.25) is 9.59 Å². The van der Waals surface area contributed by atoms with E-state index in [1.807, 2.05) is 24.3 Å². The molecular weight excluding hydrogens is 246 g/mol. The first-order valence-electron chi connectivity index (χ1n) is 6.16. The van der Waals surface area contributed by atoms with E-state index in [9.17, 15) is 9.59 Å². The number of carboxylic acid groups (broad SMARTS) is 1. The Morgan fingerprint density at radius 3 is 3.00 bits per heavy atom. The zero-order valence-electron chi connectivity index (χ0n) is 10.5. The van der Waals surface area contributed by atoms with E-state index in [2.05, 4.69) is 5.32 Å². The zero-order chi connectivity index (χ0) is 13.8. The van der Waals surface area contributed by atoms with Crippen molar-refractivity contribution in [3.63, 3.8) is 0 Å². The fraction of sp³-hybridized carbons (Fsp3) is 0.385. The van der Waals surface area contributed by atoms with Crippen LogP contribution in [0.2, 0.25) is 0 Å². The van der Waals surface area contributed by atoms with Crippen molar-refractivity contribution in [2.75, 3.05) is 24.5 Å². The van der Waals surface area contributed by atoms with Gasteiger partial charge in [0.05, 0.1) is 6.54 Å². The molecule has 0 saturated carbocycles. The average molecular weight is 263 g/mol. The molecule has 2 rings (SSSR count). The molecule has 1 aromatic carbocycles. The van der Waals surface area contributed by atoms with Gasteiger partial charge in [0, 0.05) is 18.8 Å². The Morgan fingerprint density at radius 2 is 2.32 bits per heavy atom. The van der Waals surface area contributed by atoms with E-state index in [1.54, 1.807) is 4.90 Å². The lowest BCUT2D eigenvalue weighted by atomic mass is 10.1. The predicted molar refractivity (Wildman–Crippen MR) is 71.0 cm³/mol. The maximum atomic E-state index is 11.8. The molecule has 1 amide bonds. The fourth-order valence-electron chi connectivity index (χ4n) is 2.07. The van der Waals surface area contributed by atoms with Crippen LogP contribution in [0, 0.1) is 0 Å². The van der Waals surface area contributed by atoms with Crippen molar-refractivity contribution in [2.45, 2.75) is 12.5 Å². The number of hydrogen-bond donors (Lipinski definition) is 3. The third-order valence-electron chi connectivity index (χ3n) is 3.08. The minimum Gasteiger partial charge on any atom is -0.480 e. The second-order valence-electron chi connectivity index (χ2n) is 4.54. The summed E-state index contributed by atoms with van der Waals surface area (Å²) in [5.41, 5.74) is 7.13. The van der Waals surface area contributed by atoms with Gasteiger partial charge in [-0.2, -0.15) is 0 Å². The third-order valence-corrected chi connectivity index (χ3v) is 3.08. The first kappa shape index (κ1) is 13.5. The second kappa shape index (κ2) is 5.81. The number of piperazine rings is 1. The van der Waals surface area contributed by atoms with Gasteiger partial charge in [-0.05, 0) is 24.1 Å². The summed E-state index contributed by atoms with van der Waals surface area (Å²) in [7, 11) is 0. The lowest BCUT2D eigenvalue weighted by molar-refractivity contribution is -0.138. The summed E-state index contributed by atoms with van der Waals surface area (Å²) in [6, 6.07) is 6.38. The molecule has 19 heavy (non-hydrogen) atoms. The molecule has 6 nitrogen and oxygen atoms in total. The standard InChI is InChI=1S/C13H17N3O3/c14-11(13(18)19)7-9-2-1-3-10(6-9)16-5-4-15-8-12(16)17/h1-3,6,11,15H,4-5,7-8,14H2,(H,18,19). The third kappa shape index (κ3) is 3.30. The first-order valence-corrected chi connectivity index (χ1v) is 6.16. The number of carbonyl (C=O) groups excluding carboxylic acids is 1. The Bertz CT molecular complexity index is 490. The van der Waals surface area contributed by atoms with Crippen LogP contribution in [-0.4, -0.2) is 42.7 Å². The number of carboxylic acids is 1. The number of aliphatic carboxylic acids is 1. The van der Waals surface area contributed by atoms with E-state index in [-0.39, 0.29) is 12.3 Å². The number of rotatable bonds is 4. The molecule has 1 atom stereocenters. The van der Waals surface area contributed by atoms with Crippen molar-refractivity contribution in [1.29, 1.82) is 0 Å². The molecule has 1 aliphatic rings. The highest BCUT2D eigenvalue weighted by molar-refractivity contribution is 5.95. The summed E-state index contributed by atoms with van der Waals surface area (Å²) in [5, 5.41) is 11.8. The van der Waals surface area contributed by atoms with Gasteiger partial charge in [-0.15, -0.1) is 0 Å². The molecule has 0 bridgehead atoms. The number of hydrogen-bond acceptors (Lipinski definition) is 4. The van der Waals surface area contributed by atoms with E-state index in [4.69, 9.17) is 10.8 Å². The molecule has 0 radical (unpaired) electrons. The molecule has 0 spiro atoms. The average Bonchev–Trinajstić information content (AvgIpc) is 2.39. The minimum atomic E-state index is -1.02. The van der Waals surface area contributed by atoms with Gasteiger partial charge in [-0.1, -0.05) is 12.1 Å². The smallest absolute Gasteiger partial charge is 0.320 e. The van der Waals surface area contributed by atoms with Crippen LogP contribution >= 0.6 is 0 Å². The Hall–Kier alpha value is -1.92. The van der Waals surface area contributed by atoms with Crippen LogP contribution in [0.5, 0.6) is 0 Å². The molecule has 0 aliphatic carbocycles. The predicted octanol–water partition coefficient (Wildman–Crippen LogP) is -0.423. The largest absolute Gasteiger partial charge is 0.480 e. The Balaban J connectivity index is 2.14. The molecule has 1 saturated heterocycles. The van der Waals surface area contributed by atoms with Crippen LogP contribution in [0.25, 0.3) is 0 Å². The Kier molecular flexibility index (Phi) is 4.13. The molecule has 6 heteroatoms. The Labute approximate surface area is 111 Å². The highest BCUT2D eigenvalue weighted by atomic mass is 16.4. The van der Waals surface area contributed by atoms with E-state index in [0.29, 0.717) is 13.1 Å². The van der Waals surface area contributed by atoms with Crippen LogP contribution in [0.1, 0.15) is 5.56 Å². The van der Waals surface area contributed by atoms with Gasteiger partial charge in [0.2, 0.25) is 5.91 Å². The zero-order valence-corrected chi connectivity index (χ0v) is 10.5. The highest BCUT2D eigenvalue weighted by Gasteiger charge is 2.20. The summed E-state index contributed by atoms with van der Waals surface area (Å²) < 4.78 is 0. The van der Waals surface area contributed by atoms with E-state index >= 15 is 0 Å². The fourth-order valence-corrected chi connectivity index (χ4v) is 2.07. The number of anilines is 1. The van der Waals surface area contributed by atoms with Crippen LogP contribution in [0.3, 0.4) is 0 Å². The van der Waals surface area contributed by atoms with E-state index < -0.39 is 12.0 Å². The molecular formula is C13H17N3O3. The highest BCUT2D eigenvalue weighted by Crippen LogP contribution is 2.18. The summed E-state index contributed by atoms with van der Waals surface area (Å²) in [5.74, 6) is -1.01. The van der Waals surface area contributed by atoms with Crippen LogP contribution in [0.15, 0.2) is 24.3 Å². The lowest BCUT2D eigenvalue weighted by Gasteiger charge is -2.27. The van der Waals surface area contributed by atoms with Crippen molar-refractivity contribution in [3.8, 4) is 0 Å². The number of carbonyl (C=O) groups is 2. The second-order valence-corrected chi connectivity index (χ2v) is 4.54. The SMILES string of the molecule is NC(Cc1cccc(N2CCNCC2=O)c1)C(=O)O. The quantitative estimate of drug-likeness (QED) is 0.685. The van der Waals surface area contributed by atoms with Gasteiger partial charge in [0.1, 0.15) is 6.04 Å². The normalized spacial score (nSPS) is 17.3. The topological polar surface area (TPSA) is 95.7 Å². The molecule has 1 unspecified atom stereocenters. The number of amides is 1. The molecule has 1 heterocycles. The van der Waals surface area contributed by atoms with Crippen molar-refractivity contribution < 1.29 is 14.7 Å². The lowest BCUT2D eigenvalue weighted by Crippen LogP contribution is -2.48. The molecule has 1 aliphatic heterocycles. The van der Waals surface area contributed by atoms with Crippen LogP contribution in [0.4, 0.5) is 5.69 Å². The number of nitrogens with zero attached hydrogens (tertiary/aromatic N) is 1. The van der Waals surface area contributed by atoms with Crippen molar-refractivity contribution in [2.24, 2.45) is 5.73 Å². The molecule has 1 aromatic rings. The summed E-state index contributed by atoms with van der Waals surface area (Å²) >= 11 is 0. The molecule has 4 N–H and O–H groups in total. The summed E-state index contributed by atoms with van der Waals surface area (Å²) in [6.45, 7) is 1.71. The first-order chi connectivity index (χ1) is 9.08. The van der Waals surface area contributed by atoms with Crippen molar-refractivity contribution in [3.05, 3.63) is 29.8 Å². The van der Waals surface area contributed by atoms with Gasteiger partial charge in [0.25, 0.3) is 0 Å². The molecule has 1 fully saturated rings. The van der Waals surface area contributed by atoms with Crippen molar-refractivity contribution >= 4 is 17.6 Å². The summed E-state index contributed by atoms with van der Waals surface area (Å²) in [4.78, 5) is 24.2. The van der Waals surface area contributed by atoms with E-state index in [0.717, 1.165) is 17.8 Å². The van der Waals surface area contributed by atoms with Gasteiger partial charge < -0.3 is 21.1 Å². The molecule has 0 aromatic heterocycles. The maximum Gasteiger partial charge on any atom is 0.320 e. The minimum absolute atomic E-state index is 0.0194. The van der Waals surface area contributed by atoms with E-state index in [1.165, 1.54) is 0 Å². The monoisotopic (exact) mass is 263 g/mol. The molecule has 102 valence electrons. The maximum absolute atomic E-state index is 11.8. The van der Waals surface area contributed by atoms with Gasteiger partial charge >= 0.3 is 5.97 Å². The summed E-state index contributed by atoms with van der Waals surface area (Å²) in [6.07, 6.45) is 0.253. The van der Waals surface area contributed by atoms with Gasteiger partial charge in [0.15, 0.2) is 0 Å². The van der Waals surface area contributed by atoms with Gasteiger partial charge in [-0.25, -0.2) is 0 Å². The van der Waals surface area contributed by atoms with Crippen LogP contribution < -0.4 is 16.0 Å². The number of benzene rings is 1. The number of nitrogens with one attached hydrogen (secondary N) is 1.